The monoisotopic (exact) mass is 275 g/mol. The number of anilines is 1. The van der Waals surface area contributed by atoms with Gasteiger partial charge in [0.05, 0.1) is 5.56 Å². The van der Waals surface area contributed by atoms with Gasteiger partial charge in [0.25, 0.3) is 0 Å². The van der Waals surface area contributed by atoms with Crippen molar-refractivity contribution in [2.45, 2.75) is 12.6 Å². The van der Waals surface area contributed by atoms with Gasteiger partial charge in [-0.1, -0.05) is 0 Å². The molecule has 1 saturated heterocycles. The molecule has 1 aromatic carbocycles. The van der Waals surface area contributed by atoms with Gasteiger partial charge in [-0.05, 0) is 35.9 Å². The third kappa shape index (κ3) is 2.63. The molecular weight excluding hydrogens is 263 g/mol. The van der Waals surface area contributed by atoms with Crippen LogP contribution in [0.5, 0.6) is 0 Å². The SMILES string of the molecule is O=C1CC(CS)CN1c1ccc(C(F)(F)F)cc1. The second-order valence-electron chi connectivity index (χ2n) is 4.30. The average molecular weight is 275 g/mol. The fraction of sp³-hybridized carbons (Fsp3) is 0.417. The summed E-state index contributed by atoms with van der Waals surface area (Å²) in [5.74, 6) is 0.708. The molecule has 0 spiro atoms. The Bertz CT molecular complexity index is 444. The molecule has 1 fully saturated rings. The molecule has 0 radical (unpaired) electrons. The second-order valence-corrected chi connectivity index (χ2v) is 4.67. The highest BCUT2D eigenvalue weighted by atomic mass is 32.1. The van der Waals surface area contributed by atoms with Crippen molar-refractivity contribution in [3.8, 4) is 0 Å². The summed E-state index contributed by atoms with van der Waals surface area (Å²) in [6.07, 6.45) is -3.94. The summed E-state index contributed by atoms with van der Waals surface area (Å²) < 4.78 is 37.2. The summed E-state index contributed by atoms with van der Waals surface area (Å²) in [6.45, 7) is 0.522. The van der Waals surface area contributed by atoms with Crippen molar-refractivity contribution >= 4 is 24.2 Å². The van der Waals surface area contributed by atoms with Gasteiger partial charge in [0, 0.05) is 18.7 Å². The lowest BCUT2D eigenvalue weighted by molar-refractivity contribution is -0.137. The number of halogens is 3. The molecule has 0 N–H and O–H groups in total. The Morgan fingerprint density at radius 3 is 2.33 bits per heavy atom. The Balaban J connectivity index is 2.18. The van der Waals surface area contributed by atoms with Crippen LogP contribution in [0.3, 0.4) is 0 Å². The summed E-state index contributed by atoms with van der Waals surface area (Å²) in [4.78, 5) is 13.2. The molecule has 1 heterocycles. The van der Waals surface area contributed by atoms with E-state index >= 15 is 0 Å². The van der Waals surface area contributed by atoms with Gasteiger partial charge in [0.2, 0.25) is 5.91 Å². The highest BCUT2D eigenvalue weighted by molar-refractivity contribution is 7.80. The van der Waals surface area contributed by atoms with E-state index < -0.39 is 11.7 Å². The number of hydrogen-bond donors (Lipinski definition) is 1. The summed E-state index contributed by atoms with van der Waals surface area (Å²) >= 11 is 4.14. The predicted octanol–water partition coefficient (Wildman–Crippen LogP) is 2.99. The first-order valence-corrected chi connectivity index (χ1v) is 6.13. The maximum atomic E-state index is 12.4. The summed E-state index contributed by atoms with van der Waals surface area (Å²) in [5, 5.41) is 0. The summed E-state index contributed by atoms with van der Waals surface area (Å²) in [7, 11) is 0. The van der Waals surface area contributed by atoms with Gasteiger partial charge < -0.3 is 4.90 Å². The molecule has 1 unspecified atom stereocenters. The van der Waals surface area contributed by atoms with Crippen LogP contribution in [0.4, 0.5) is 18.9 Å². The average Bonchev–Trinajstić information content (AvgIpc) is 2.70. The number of hydrogen-bond acceptors (Lipinski definition) is 2. The molecule has 0 saturated carbocycles. The van der Waals surface area contributed by atoms with Crippen LogP contribution in [0, 0.1) is 5.92 Å². The predicted molar refractivity (Wildman–Crippen MR) is 65.8 cm³/mol. The van der Waals surface area contributed by atoms with Crippen LogP contribution in [0.2, 0.25) is 0 Å². The van der Waals surface area contributed by atoms with E-state index in [1.54, 1.807) is 0 Å². The molecular formula is C12H12F3NOS. The molecule has 1 aliphatic heterocycles. The van der Waals surface area contributed by atoms with Crippen molar-refractivity contribution in [1.29, 1.82) is 0 Å². The normalized spacial score (nSPS) is 20.6. The Morgan fingerprint density at radius 2 is 1.89 bits per heavy atom. The maximum absolute atomic E-state index is 12.4. The number of nitrogens with zero attached hydrogens (tertiary/aromatic N) is 1. The minimum absolute atomic E-state index is 0.0613. The highest BCUT2D eigenvalue weighted by Crippen LogP contribution is 2.32. The molecule has 1 atom stereocenters. The van der Waals surface area contributed by atoms with Crippen LogP contribution in [-0.4, -0.2) is 18.2 Å². The first kappa shape index (κ1) is 13.3. The number of alkyl halides is 3. The molecule has 0 bridgehead atoms. The number of carbonyl (C=O) groups is 1. The molecule has 2 nitrogen and oxygen atoms in total. The third-order valence-corrected chi connectivity index (χ3v) is 3.49. The van der Waals surface area contributed by atoms with Crippen molar-refractivity contribution in [3.63, 3.8) is 0 Å². The van der Waals surface area contributed by atoms with Gasteiger partial charge in [0.1, 0.15) is 0 Å². The van der Waals surface area contributed by atoms with Crippen LogP contribution in [0.25, 0.3) is 0 Å². The summed E-state index contributed by atoms with van der Waals surface area (Å²) in [5.41, 5.74) is -0.194. The van der Waals surface area contributed by atoms with Crippen LogP contribution < -0.4 is 4.90 Å². The van der Waals surface area contributed by atoms with Gasteiger partial charge in [-0.15, -0.1) is 0 Å². The zero-order chi connectivity index (χ0) is 13.3. The molecule has 0 aromatic heterocycles. The van der Waals surface area contributed by atoms with Crippen LogP contribution >= 0.6 is 12.6 Å². The van der Waals surface area contributed by atoms with Gasteiger partial charge in [-0.25, -0.2) is 0 Å². The van der Waals surface area contributed by atoms with Gasteiger partial charge >= 0.3 is 6.18 Å². The van der Waals surface area contributed by atoms with E-state index in [0.717, 1.165) is 12.1 Å². The Morgan fingerprint density at radius 1 is 1.28 bits per heavy atom. The van der Waals surface area contributed by atoms with E-state index in [9.17, 15) is 18.0 Å². The molecule has 2 rings (SSSR count). The molecule has 0 aliphatic carbocycles. The minimum atomic E-state index is -4.35. The van der Waals surface area contributed by atoms with Crippen LogP contribution in [0.15, 0.2) is 24.3 Å². The lowest BCUT2D eigenvalue weighted by Gasteiger charge is -2.17. The quantitative estimate of drug-likeness (QED) is 0.823. The van der Waals surface area contributed by atoms with Crippen molar-refractivity contribution in [1.82, 2.24) is 0 Å². The number of carbonyl (C=O) groups excluding carboxylic acids is 1. The largest absolute Gasteiger partial charge is 0.416 e. The lowest BCUT2D eigenvalue weighted by Crippen LogP contribution is -2.24. The van der Waals surface area contributed by atoms with Crippen molar-refractivity contribution < 1.29 is 18.0 Å². The van der Waals surface area contributed by atoms with E-state index in [2.05, 4.69) is 12.6 Å². The highest BCUT2D eigenvalue weighted by Gasteiger charge is 2.32. The number of benzene rings is 1. The molecule has 1 aliphatic rings. The first-order chi connectivity index (χ1) is 8.41. The number of thiol groups is 1. The van der Waals surface area contributed by atoms with E-state index in [1.807, 2.05) is 0 Å². The molecule has 18 heavy (non-hydrogen) atoms. The van der Waals surface area contributed by atoms with Gasteiger partial charge in [-0.3, -0.25) is 4.79 Å². The Kier molecular flexibility index (Phi) is 3.56. The Hall–Kier alpha value is -1.17. The topological polar surface area (TPSA) is 20.3 Å². The summed E-state index contributed by atoms with van der Waals surface area (Å²) in [6, 6.07) is 4.66. The van der Waals surface area contributed by atoms with Crippen molar-refractivity contribution in [2.75, 3.05) is 17.2 Å². The first-order valence-electron chi connectivity index (χ1n) is 5.50. The molecule has 1 amide bonds. The van der Waals surface area contributed by atoms with E-state index in [-0.39, 0.29) is 11.8 Å². The van der Waals surface area contributed by atoms with Crippen LogP contribution in [-0.2, 0) is 11.0 Å². The molecule has 98 valence electrons. The van der Waals surface area contributed by atoms with Gasteiger partial charge in [-0.2, -0.15) is 25.8 Å². The van der Waals surface area contributed by atoms with Crippen molar-refractivity contribution in [3.05, 3.63) is 29.8 Å². The fourth-order valence-electron chi connectivity index (χ4n) is 1.98. The van der Waals surface area contributed by atoms with E-state index in [4.69, 9.17) is 0 Å². The smallest absolute Gasteiger partial charge is 0.312 e. The van der Waals surface area contributed by atoms with Crippen LogP contribution in [0.1, 0.15) is 12.0 Å². The number of amides is 1. The minimum Gasteiger partial charge on any atom is -0.312 e. The van der Waals surface area contributed by atoms with Gasteiger partial charge in [0.15, 0.2) is 0 Å². The molecule has 6 heteroatoms. The second kappa shape index (κ2) is 4.84. The standard InChI is InChI=1S/C12H12F3NOS/c13-12(14,15)9-1-3-10(4-2-9)16-6-8(7-18)5-11(16)17/h1-4,8,18H,5-7H2. The lowest BCUT2D eigenvalue weighted by atomic mass is 10.1. The Labute approximate surface area is 108 Å². The van der Waals surface area contributed by atoms with E-state index in [0.29, 0.717) is 24.4 Å². The zero-order valence-corrected chi connectivity index (χ0v) is 10.3. The third-order valence-electron chi connectivity index (χ3n) is 2.97. The molecule has 1 aromatic rings. The van der Waals surface area contributed by atoms with E-state index in [1.165, 1.54) is 17.0 Å². The fourth-order valence-corrected chi connectivity index (χ4v) is 2.23. The van der Waals surface area contributed by atoms with Crippen molar-refractivity contribution in [2.24, 2.45) is 5.92 Å². The zero-order valence-electron chi connectivity index (χ0n) is 9.44. The number of rotatable bonds is 2. The maximum Gasteiger partial charge on any atom is 0.416 e.